The first-order valence-electron chi connectivity index (χ1n) is 9.07. The molecule has 0 aromatic heterocycles. The standard InChI is InChI=1S/C22H29N/c1-18-7-6-14-23(16-18)17-19(2)15-20-10-12-22(13-11-20)21-8-4-3-5-9-21/h3-5,8-13,18-19H,6-7,14-17H2,1-2H3. The fraction of sp³-hybridized carbons (Fsp3) is 0.455. The van der Waals surface area contributed by atoms with E-state index in [0.717, 1.165) is 11.8 Å². The molecular weight excluding hydrogens is 278 g/mol. The monoisotopic (exact) mass is 307 g/mol. The van der Waals surface area contributed by atoms with E-state index in [0.29, 0.717) is 0 Å². The third-order valence-electron chi connectivity index (χ3n) is 4.96. The third-order valence-corrected chi connectivity index (χ3v) is 4.96. The lowest BCUT2D eigenvalue weighted by atomic mass is 9.95. The predicted molar refractivity (Wildman–Crippen MR) is 99.6 cm³/mol. The first-order chi connectivity index (χ1) is 11.2. The molecule has 2 aromatic carbocycles. The fourth-order valence-electron chi connectivity index (χ4n) is 3.82. The van der Waals surface area contributed by atoms with Gasteiger partial charge in [-0.25, -0.2) is 0 Å². The largest absolute Gasteiger partial charge is 0.303 e. The van der Waals surface area contributed by atoms with Crippen molar-refractivity contribution in [2.24, 2.45) is 11.8 Å². The zero-order valence-corrected chi connectivity index (χ0v) is 14.5. The van der Waals surface area contributed by atoms with Crippen LogP contribution in [0.1, 0.15) is 32.3 Å². The summed E-state index contributed by atoms with van der Waals surface area (Å²) in [5.74, 6) is 1.60. The molecule has 0 saturated carbocycles. The SMILES string of the molecule is CC1CCCN(CC(C)Cc2ccc(-c3ccccc3)cc2)C1. The van der Waals surface area contributed by atoms with E-state index in [9.17, 15) is 0 Å². The van der Waals surface area contributed by atoms with Crippen LogP contribution in [-0.2, 0) is 6.42 Å². The summed E-state index contributed by atoms with van der Waals surface area (Å²) < 4.78 is 0. The summed E-state index contributed by atoms with van der Waals surface area (Å²) >= 11 is 0. The van der Waals surface area contributed by atoms with Crippen LogP contribution in [0.5, 0.6) is 0 Å². The maximum Gasteiger partial charge on any atom is 0.00103 e. The van der Waals surface area contributed by atoms with Crippen molar-refractivity contribution < 1.29 is 0 Å². The number of likely N-dealkylation sites (tertiary alicyclic amines) is 1. The molecular formula is C22H29N. The molecule has 3 rings (SSSR count). The van der Waals surface area contributed by atoms with Crippen molar-refractivity contribution >= 4 is 0 Å². The Morgan fingerprint density at radius 3 is 2.39 bits per heavy atom. The average Bonchev–Trinajstić information content (AvgIpc) is 2.56. The Bertz CT molecular complexity index is 587. The van der Waals surface area contributed by atoms with Crippen LogP contribution < -0.4 is 0 Å². The molecule has 0 amide bonds. The van der Waals surface area contributed by atoms with Gasteiger partial charge in [-0.1, -0.05) is 68.4 Å². The lowest BCUT2D eigenvalue weighted by Crippen LogP contribution is -2.37. The van der Waals surface area contributed by atoms with Gasteiger partial charge in [-0.05, 0) is 54.3 Å². The number of hydrogen-bond acceptors (Lipinski definition) is 1. The first-order valence-corrected chi connectivity index (χ1v) is 9.07. The number of hydrogen-bond donors (Lipinski definition) is 0. The van der Waals surface area contributed by atoms with Crippen molar-refractivity contribution in [2.75, 3.05) is 19.6 Å². The van der Waals surface area contributed by atoms with Gasteiger partial charge in [0.05, 0.1) is 0 Å². The molecule has 122 valence electrons. The first kappa shape index (κ1) is 16.3. The number of benzene rings is 2. The molecule has 2 atom stereocenters. The van der Waals surface area contributed by atoms with Gasteiger partial charge < -0.3 is 4.90 Å². The molecule has 1 aliphatic heterocycles. The zero-order chi connectivity index (χ0) is 16.1. The van der Waals surface area contributed by atoms with Crippen LogP contribution in [0.2, 0.25) is 0 Å². The average molecular weight is 307 g/mol. The van der Waals surface area contributed by atoms with E-state index in [2.05, 4.69) is 73.3 Å². The van der Waals surface area contributed by atoms with Crippen molar-refractivity contribution in [3.8, 4) is 11.1 Å². The number of nitrogens with zero attached hydrogens (tertiary/aromatic N) is 1. The Morgan fingerprint density at radius 2 is 1.70 bits per heavy atom. The van der Waals surface area contributed by atoms with Crippen LogP contribution in [0.15, 0.2) is 54.6 Å². The van der Waals surface area contributed by atoms with Crippen molar-refractivity contribution in [1.82, 2.24) is 4.90 Å². The van der Waals surface area contributed by atoms with Crippen LogP contribution in [0, 0.1) is 11.8 Å². The zero-order valence-electron chi connectivity index (χ0n) is 14.5. The maximum absolute atomic E-state index is 2.66. The summed E-state index contributed by atoms with van der Waals surface area (Å²) in [6.45, 7) is 8.60. The summed E-state index contributed by atoms with van der Waals surface area (Å²) in [5, 5.41) is 0. The minimum Gasteiger partial charge on any atom is -0.303 e. The second-order valence-corrected chi connectivity index (χ2v) is 7.38. The molecule has 1 saturated heterocycles. The molecule has 0 bridgehead atoms. The Hall–Kier alpha value is -1.60. The lowest BCUT2D eigenvalue weighted by Gasteiger charge is -2.32. The Kier molecular flexibility index (Phi) is 5.51. The molecule has 23 heavy (non-hydrogen) atoms. The molecule has 0 radical (unpaired) electrons. The van der Waals surface area contributed by atoms with Gasteiger partial charge in [0.1, 0.15) is 0 Å². The van der Waals surface area contributed by atoms with Crippen molar-refractivity contribution in [3.63, 3.8) is 0 Å². The second kappa shape index (κ2) is 7.79. The highest BCUT2D eigenvalue weighted by atomic mass is 15.1. The van der Waals surface area contributed by atoms with Gasteiger partial charge >= 0.3 is 0 Å². The van der Waals surface area contributed by atoms with Gasteiger partial charge in [0.2, 0.25) is 0 Å². The highest BCUT2D eigenvalue weighted by Crippen LogP contribution is 2.21. The second-order valence-electron chi connectivity index (χ2n) is 7.38. The molecule has 0 spiro atoms. The summed E-state index contributed by atoms with van der Waals surface area (Å²) in [6, 6.07) is 19.8. The van der Waals surface area contributed by atoms with Gasteiger partial charge in [0, 0.05) is 13.1 Å². The topological polar surface area (TPSA) is 3.24 Å². The maximum atomic E-state index is 2.66. The minimum atomic E-state index is 0.725. The van der Waals surface area contributed by atoms with E-state index in [4.69, 9.17) is 0 Å². The van der Waals surface area contributed by atoms with Crippen LogP contribution in [0.3, 0.4) is 0 Å². The molecule has 0 N–H and O–H groups in total. The van der Waals surface area contributed by atoms with Crippen molar-refractivity contribution in [2.45, 2.75) is 33.1 Å². The molecule has 1 heteroatoms. The highest BCUT2D eigenvalue weighted by molar-refractivity contribution is 5.63. The fourth-order valence-corrected chi connectivity index (χ4v) is 3.82. The van der Waals surface area contributed by atoms with Gasteiger partial charge in [-0.15, -0.1) is 0 Å². The van der Waals surface area contributed by atoms with E-state index in [1.165, 1.54) is 55.6 Å². The van der Waals surface area contributed by atoms with E-state index in [-0.39, 0.29) is 0 Å². The van der Waals surface area contributed by atoms with Crippen molar-refractivity contribution in [3.05, 3.63) is 60.2 Å². The molecule has 0 aliphatic carbocycles. The van der Waals surface area contributed by atoms with Gasteiger partial charge in [0.15, 0.2) is 0 Å². The number of rotatable bonds is 5. The van der Waals surface area contributed by atoms with E-state index in [1.807, 2.05) is 0 Å². The van der Waals surface area contributed by atoms with Crippen molar-refractivity contribution in [1.29, 1.82) is 0 Å². The third kappa shape index (κ3) is 4.68. The molecule has 1 heterocycles. The van der Waals surface area contributed by atoms with Gasteiger partial charge in [0.25, 0.3) is 0 Å². The summed E-state index contributed by atoms with van der Waals surface area (Å²) in [5.41, 5.74) is 4.07. The van der Waals surface area contributed by atoms with Crippen LogP contribution in [-0.4, -0.2) is 24.5 Å². The quantitative estimate of drug-likeness (QED) is 0.728. The Balaban J connectivity index is 1.55. The van der Waals surface area contributed by atoms with E-state index < -0.39 is 0 Å². The van der Waals surface area contributed by atoms with Crippen LogP contribution in [0.25, 0.3) is 11.1 Å². The molecule has 2 aromatic rings. The predicted octanol–water partition coefficient (Wildman–Crippen LogP) is 5.26. The van der Waals surface area contributed by atoms with Crippen LogP contribution >= 0.6 is 0 Å². The van der Waals surface area contributed by atoms with E-state index in [1.54, 1.807) is 0 Å². The molecule has 1 fully saturated rings. The number of piperidine rings is 1. The lowest BCUT2D eigenvalue weighted by molar-refractivity contribution is 0.162. The van der Waals surface area contributed by atoms with Crippen LogP contribution in [0.4, 0.5) is 0 Å². The molecule has 1 nitrogen and oxygen atoms in total. The Labute approximate surface area is 141 Å². The summed E-state index contributed by atoms with van der Waals surface area (Å²) in [7, 11) is 0. The van der Waals surface area contributed by atoms with Gasteiger partial charge in [-0.2, -0.15) is 0 Å². The minimum absolute atomic E-state index is 0.725. The Morgan fingerprint density at radius 1 is 1.00 bits per heavy atom. The van der Waals surface area contributed by atoms with E-state index >= 15 is 0 Å². The normalized spacial score (nSPS) is 20.3. The highest BCUT2D eigenvalue weighted by Gasteiger charge is 2.18. The molecule has 1 aliphatic rings. The van der Waals surface area contributed by atoms with Gasteiger partial charge in [-0.3, -0.25) is 0 Å². The summed E-state index contributed by atoms with van der Waals surface area (Å²) in [6.07, 6.45) is 3.96. The summed E-state index contributed by atoms with van der Waals surface area (Å²) in [4.78, 5) is 2.66. The smallest absolute Gasteiger partial charge is 0.00103 e. The molecule has 2 unspecified atom stereocenters.